The molecular weight excluding hydrogens is 508 g/mol. The smallest absolute Gasteiger partial charge is 0.335 e. The van der Waals surface area contributed by atoms with Gasteiger partial charge in [0.05, 0.1) is 17.2 Å². The molecule has 2 aromatic rings. The number of nitrogens with zero attached hydrogens (tertiary/aromatic N) is 1. The van der Waals surface area contributed by atoms with Gasteiger partial charge in [0.15, 0.2) is 11.4 Å². The van der Waals surface area contributed by atoms with Gasteiger partial charge in [-0.25, -0.2) is 4.79 Å². The van der Waals surface area contributed by atoms with E-state index in [1.54, 1.807) is 32.3 Å². The third-order valence-corrected chi connectivity index (χ3v) is 8.03. The summed E-state index contributed by atoms with van der Waals surface area (Å²) < 4.78 is 0. The van der Waals surface area contributed by atoms with Gasteiger partial charge in [-0.2, -0.15) is 0 Å². The fourth-order valence-corrected chi connectivity index (χ4v) is 6.34. The summed E-state index contributed by atoms with van der Waals surface area (Å²) in [6, 6.07) is 7.84. The number of rotatable bonds is 4. The van der Waals surface area contributed by atoms with Gasteiger partial charge in [-0.1, -0.05) is 18.2 Å². The van der Waals surface area contributed by atoms with E-state index >= 15 is 0 Å². The fraction of sp³-hybridized carbons (Fsp3) is 0.286. The van der Waals surface area contributed by atoms with Crippen LogP contribution in [0.25, 0.3) is 11.1 Å². The maximum Gasteiger partial charge on any atom is 0.335 e. The number of likely N-dealkylation sites (N-methyl/N-ethyl adjacent to an activating group) is 1. The van der Waals surface area contributed by atoms with Crippen molar-refractivity contribution in [2.45, 2.75) is 24.5 Å². The van der Waals surface area contributed by atoms with Gasteiger partial charge in [0.2, 0.25) is 5.78 Å². The number of primary amides is 1. The molecule has 0 fully saturated rings. The number of carbonyl (C=O) groups is 4. The van der Waals surface area contributed by atoms with Crippen LogP contribution in [0.15, 0.2) is 59.1 Å². The van der Waals surface area contributed by atoms with Gasteiger partial charge in [-0.3, -0.25) is 19.3 Å². The molecule has 7 N–H and O–H groups in total. The first-order valence-electron chi connectivity index (χ1n) is 12.1. The standard InChI is InChI=1S/C28H26N2O9/c1-30(2)21-16-10-13-9-15-14(11-4-3-5-12(8-11)27(37)38)6-7-17(31)19(15)22(32)18(13)24(34)28(16,39)25(35)20(23(21)33)26(29)36/h3-8,13,16,21,31,33-34,39H,9-10H2,1-2H3,(H2,29,36)(H,37,38)/t13-,16-,21-,28-/m0/s1. The number of carbonyl (C=O) groups excluding carboxylic acids is 3. The van der Waals surface area contributed by atoms with Crippen molar-refractivity contribution >= 4 is 23.4 Å². The minimum atomic E-state index is -2.71. The van der Waals surface area contributed by atoms with Crippen LogP contribution < -0.4 is 5.73 Å². The highest BCUT2D eigenvalue weighted by Crippen LogP contribution is 2.53. The molecule has 5 rings (SSSR count). The topological polar surface area (TPSA) is 199 Å². The van der Waals surface area contributed by atoms with Crippen LogP contribution in [-0.4, -0.2) is 79.6 Å². The number of aliphatic hydroxyl groups excluding tert-OH is 2. The quantitative estimate of drug-likeness (QED) is 0.312. The van der Waals surface area contributed by atoms with Gasteiger partial charge in [0, 0.05) is 11.5 Å². The number of fused-ring (bicyclic) bond motifs is 3. The molecule has 3 aliphatic rings. The molecule has 0 unspecified atom stereocenters. The molecule has 4 atom stereocenters. The van der Waals surface area contributed by atoms with Crippen LogP contribution in [0.2, 0.25) is 0 Å². The number of nitrogens with two attached hydrogens (primary N) is 1. The van der Waals surface area contributed by atoms with Gasteiger partial charge in [-0.15, -0.1) is 0 Å². The minimum Gasteiger partial charge on any atom is -0.510 e. The number of Topliss-reactive ketones (excluding diaryl/α,β-unsaturated/α-hetero) is 2. The number of phenols is 1. The van der Waals surface area contributed by atoms with E-state index in [1.807, 2.05) is 0 Å². The maximum absolute atomic E-state index is 13.8. The number of aromatic hydroxyl groups is 1. The molecular formula is C28H26N2O9. The third-order valence-electron chi connectivity index (χ3n) is 8.03. The van der Waals surface area contributed by atoms with E-state index in [2.05, 4.69) is 0 Å². The third kappa shape index (κ3) is 3.57. The summed E-state index contributed by atoms with van der Waals surface area (Å²) in [6.07, 6.45) is 0.0472. The van der Waals surface area contributed by atoms with Crippen LogP contribution in [0, 0.1) is 11.8 Å². The highest BCUT2D eigenvalue weighted by atomic mass is 16.4. The predicted octanol–water partition coefficient (Wildman–Crippen LogP) is 1.49. The Morgan fingerprint density at radius 1 is 1.08 bits per heavy atom. The maximum atomic E-state index is 13.8. The first kappa shape index (κ1) is 26.1. The predicted molar refractivity (Wildman–Crippen MR) is 136 cm³/mol. The number of ketones is 2. The Hall–Kier alpha value is -4.48. The van der Waals surface area contributed by atoms with E-state index in [0.29, 0.717) is 16.7 Å². The van der Waals surface area contributed by atoms with E-state index in [-0.39, 0.29) is 29.5 Å². The molecule has 0 saturated carbocycles. The summed E-state index contributed by atoms with van der Waals surface area (Å²) in [5.74, 6) is -8.40. The Morgan fingerprint density at radius 2 is 1.77 bits per heavy atom. The van der Waals surface area contributed by atoms with E-state index in [1.165, 1.54) is 23.1 Å². The van der Waals surface area contributed by atoms with E-state index in [9.17, 15) is 44.7 Å². The lowest BCUT2D eigenvalue weighted by atomic mass is 9.58. The molecule has 202 valence electrons. The lowest BCUT2D eigenvalue weighted by Gasteiger charge is -2.50. The van der Waals surface area contributed by atoms with Crippen LogP contribution in [0.5, 0.6) is 5.75 Å². The van der Waals surface area contributed by atoms with Crippen LogP contribution in [-0.2, 0) is 16.0 Å². The zero-order valence-electron chi connectivity index (χ0n) is 21.0. The summed E-state index contributed by atoms with van der Waals surface area (Å²) in [6.45, 7) is 0. The molecule has 11 heteroatoms. The highest BCUT2D eigenvalue weighted by molar-refractivity contribution is 6.25. The van der Waals surface area contributed by atoms with Gasteiger partial charge in [-0.05, 0) is 67.7 Å². The van der Waals surface area contributed by atoms with E-state index < -0.39 is 69.8 Å². The molecule has 0 aliphatic heterocycles. The normalized spacial score (nSPS) is 26.3. The van der Waals surface area contributed by atoms with Crippen molar-refractivity contribution in [3.8, 4) is 16.9 Å². The number of amides is 1. The van der Waals surface area contributed by atoms with Crippen LogP contribution >= 0.6 is 0 Å². The number of carboxylic acid groups (broad SMARTS) is 1. The number of hydrogen-bond donors (Lipinski definition) is 6. The molecule has 0 bridgehead atoms. The monoisotopic (exact) mass is 534 g/mol. The summed E-state index contributed by atoms with van der Waals surface area (Å²) >= 11 is 0. The van der Waals surface area contributed by atoms with Gasteiger partial charge < -0.3 is 31.3 Å². The number of benzene rings is 2. The second kappa shape index (κ2) is 8.79. The zero-order chi connectivity index (χ0) is 28.5. The average Bonchev–Trinajstić information content (AvgIpc) is 2.86. The number of aromatic carboxylic acids is 1. The van der Waals surface area contributed by atoms with Gasteiger partial charge in [0.1, 0.15) is 22.8 Å². The molecule has 0 aromatic heterocycles. The summed E-state index contributed by atoms with van der Waals surface area (Å²) in [5, 5.41) is 54.0. The van der Waals surface area contributed by atoms with Crippen LogP contribution in [0.4, 0.5) is 0 Å². The number of carboxylic acids is 1. The van der Waals surface area contributed by atoms with Crippen molar-refractivity contribution in [2.75, 3.05) is 14.1 Å². The number of phenolic OH excluding ortho intramolecular Hbond substituents is 1. The van der Waals surface area contributed by atoms with Crippen molar-refractivity contribution < 1.29 is 44.7 Å². The largest absolute Gasteiger partial charge is 0.510 e. The van der Waals surface area contributed by atoms with Crippen molar-refractivity contribution in [2.24, 2.45) is 17.6 Å². The number of allylic oxidation sites excluding steroid dienone is 1. The summed E-state index contributed by atoms with van der Waals surface area (Å²) in [5.41, 5.74) is 2.78. The van der Waals surface area contributed by atoms with Crippen molar-refractivity contribution in [3.63, 3.8) is 0 Å². The highest BCUT2D eigenvalue weighted by Gasteiger charge is 2.63. The number of aliphatic hydroxyl groups is 3. The first-order chi connectivity index (χ1) is 18.3. The molecule has 0 radical (unpaired) electrons. The summed E-state index contributed by atoms with van der Waals surface area (Å²) in [7, 11) is 3.11. The fourth-order valence-electron chi connectivity index (χ4n) is 6.34. The van der Waals surface area contributed by atoms with E-state index in [4.69, 9.17) is 5.73 Å². The lowest BCUT2D eigenvalue weighted by Crippen LogP contribution is -2.63. The Morgan fingerprint density at radius 3 is 2.38 bits per heavy atom. The Bertz CT molecular complexity index is 1550. The van der Waals surface area contributed by atoms with Crippen molar-refractivity contribution in [3.05, 3.63) is 75.8 Å². The zero-order valence-corrected chi connectivity index (χ0v) is 21.0. The van der Waals surface area contributed by atoms with Crippen molar-refractivity contribution in [1.82, 2.24) is 4.90 Å². The molecule has 11 nitrogen and oxygen atoms in total. The van der Waals surface area contributed by atoms with Crippen molar-refractivity contribution in [1.29, 1.82) is 0 Å². The van der Waals surface area contributed by atoms with Gasteiger partial charge in [0.25, 0.3) is 5.91 Å². The summed E-state index contributed by atoms with van der Waals surface area (Å²) in [4.78, 5) is 52.2. The SMILES string of the molecule is CN(C)[C@@H]1C(O)=C(C(N)=O)C(=O)[C@@]2(O)C(O)=C3C(=O)c4c(O)ccc(-c5cccc(C(=O)O)c5)c4C[C@H]3C[C@@H]12. The Balaban J connectivity index is 1.72. The number of hydrogen-bond acceptors (Lipinski definition) is 9. The molecule has 0 spiro atoms. The molecule has 0 heterocycles. The molecule has 2 aromatic carbocycles. The average molecular weight is 535 g/mol. The molecule has 1 amide bonds. The Kier molecular flexibility index (Phi) is 5.89. The molecule has 39 heavy (non-hydrogen) atoms. The molecule has 0 saturated heterocycles. The lowest BCUT2D eigenvalue weighted by molar-refractivity contribution is -0.148. The molecule has 3 aliphatic carbocycles. The first-order valence-corrected chi connectivity index (χ1v) is 12.1. The van der Waals surface area contributed by atoms with Crippen LogP contribution in [0.3, 0.4) is 0 Å². The second-order valence-corrected chi connectivity index (χ2v) is 10.3. The van der Waals surface area contributed by atoms with E-state index in [0.717, 1.165) is 0 Å². The van der Waals surface area contributed by atoms with Gasteiger partial charge >= 0.3 is 5.97 Å². The Labute approximate surface area is 222 Å². The minimum absolute atomic E-state index is 0.0273. The van der Waals surface area contributed by atoms with Crippen LogP contribution in [0.1, 0.15) is 32.7 Å². The second-order valence-electron chi connectivity index (χ2n) is 10.3.